The standard InChI is InChI=1S/C13H15F3N2O3S/c14-13(15,16)22(20,21)11-5-3-10(4-6-11)18-7-1-2-9(8-18)12(17)19/h3-6,9H,1-2,7-8H2,(H2,17,19). The second-order valence-corrected chi connectivity index (χ2v) is 7.07. The molecule has 1 aromatic rings. The predicted octanol–water partition coefficient (Wildman–Crippen LogP) is 1.68. The van der Waals surface area contributed by atoms with E-state index in [1.165, 1.54) is 12.1 Å². The molecule has 0 aromatic heterocycles. The maximum Gasteiger partial charge on any atom is 0.501 e. The lowest BCUT2D eigenvalue weighted by Crippen LogP contribution is -2.41. The van der Waals surface area contributed by atoms with Gasteiger partial charge in [0.1, 0.15) is 0 Å². The Morgan fingerprint density at radius 2 is 1.82 bits per heavy atom. The maximum atomic E-state index is 12.5. The number of nitrogens with two attached hydrogens (primary N) is 1. The van der Waals surface area contributed by atoms with Crippen molar-refractivity contribution in [2.45, 2.75) is 23.2 Å². The second kappa shape index (κ2) is 5.79. The van der Waals surface area contributed by atoms with Gasteiger partial charge in [-0.2, -0.15) is 13.2 Å². The van der Waals surface area contributed by atoms with E-state index in [4.69, 9.17) is 5.73 Å². The van der Waals surface area contributed by atoms with Crippen LogP contribution in [0, 0.1) is 5.92 Å². The molecule has 0 bridgehead atoms. The summed E-state index contributed by atoms with van der Waals surface area (Å²) in [5.41, 5.74) is 0.506. The molecule has 1 heterocycles. The zero-order valence-corrected chi connectivity index (χ0v) is 12.3. The number of sulfone groups is 1. The summed E-state index contributed by atoms with van der Waals surface area (Å²) in [6.45, 7) is 1.01. The van der Waals surface area contributed by atoms with Crippen LogP contribution in [0.3, 0.4) is 0 Å². The normalized spacial score (nSPS) is 20.0. The average molecular weight is 336 g/mol. The molecule has 2 N–H and O–H groups in total. The van der Waals surface area contributed by atoms with E-state index in [2.05, 4.69) is 0 Å². The third kappa shape index (κ3) is 3.18. The minimum absolute atomic E-state index is 0.313. The van der Waals surface area contributed by atoms with Crippen molar-refractivity contribution in [2.24, 2.45) is 11.7 Å². The van der Waals surface area contributed by atoms with Crippen molar-refractivity contribution in [3.63, 3.8) is 0 Å². The van der Waals surface area contributed by atoms with E-state index in [1.807, 2.05) is 4.90 Å². The predicted molar refractivity (Wildman–Crippen MR) is 73.8 cm³/mol. The SMILES string of the molecule is NC(=O)C1CCCN(c2ccc(S(=O)(=O)C(F)(F)F)cc2)C1. The number of hydrogen-bond acceptors (Lipinski definition) is 4. The van der Waals surface area contributed by atoms with Crippen LogP contribution in [0.2, 0.25) is 0 Å². The second-order valence-electron chi connectivity index (χ2n) is 5.13. The van der Waals surface area contributed by atoms with Crippen molar-refractivity contribution < 1.29 is 26.4 Å². The van der Waals surface area contributed by atoms with E-state index in [0.717, 1.165) is 18.6 Å². The summed E-state index contributed by atoms with van der Waals surface area (Å²) in [5, 5.41) is 0. The van der Waals surface area contributed by atoms with E-state index in [9.17, 15) is 26.4 Å². The van der Waals surface area contributed by atoms with Crippen LogP contribution in [-0.2, 0) is 14.6 Å². The summed E-state index contributed by atoms with van der Waals surface area (Å²) in [7, 11) is -5.34. The number of alkyl halides is 3. The summed E-state index contributed by atoms with van der Waals surface area (Å²) in [5.74, 6) is -0.728. The highest BCUT2D eigenvalue weighted by Crippen LogP contribution is 2.31. The molecule has 122 valence electrons. The number of primary amides is 1. The summed E-state index contributed by atoms with van der Waals surface area (Å²) in [6.07, 6.45) is 1.41. The molecule has 5 nitrogen and oxygen atoms in total. The molecule has 1 aliphatic heterocycles. The third-order valence-corrected chi connectivity index (χ3v) is 5.14. The van der Waals surface area contributed by atoms with Gasteiger partial charge in [-0.25, -0.2) is 8.42 Å². The molecule has 0 spiro atoms. The lowest BCUT2D eigenvalue weighted by atomic mass is 9.97. The van der Waals surface area contributed by atoms with Gasteiger partial charge in [-0.1, -0.05) is 0 Å². The van der Waals surface area contributed by atoms with Gasteiger partial charge in [-0.15, -0.1) is 0 Å². The first kappa shape index (κ1) is 16.6. The number of halogens is 3. The van der Waals surface area contributed by atoms with Gasteiger partial charge in [0, 0.05) is 18.8 Å². The zero-order valence-electron chi connectivity index (χ0n) is 11.5. The molecule has 22 heavy (non-hydrogen) atoms. The van der Waals surface area contributed by atoms with E-state index in [-0.39, 0.29) is 5.92 Å². The topological polar surface area (TPSA) is 80.5 Å². The molecule has 0 aliphatic carbocycles. The Labute approximate surface area is 125 Å². The molecule has 1 fully saturated rings. The van der Waals surface area contributed by atoms with Gasteiger partial charge in [0.05, 0.1) is 10.8 Å². The Balaban J connectivity index is 2.21. The number of piperidine rings is 1. The van der Waals surface area contributed by atoms with Gasteiger partial charge >= 0.3 is 5.51 Å². The molecule has 1 atom stereocenters. The number of hydrogen-bond donors (Lipinski definition) is 1. The van der Waals surface area contributed by atoms with Crippen molar-refractivity contribution in [3.8, 4) is 0 Å². The van der Waals surface area contributed by atoms with Crippen LogP contribution < -0.4 is 10.6 Å². The molecule has 9 heteroatoms. The van der Waals surface area contributed by atoms with Crippen LogP contribution in [0.1, 0.15) is 12.8 Å². The molecule has 1 saturated heterocycles. The van der Waals surface area contributed by atoms with Gasteiger partial charge in [0.25, 0.3) is 9.84 Å². The Bertz CT molecular complexity index is 656. The van der Waals surface area contributed by atoms with Crippen LogP contribution in [0.5, 0.6) is 0 Å². The van der Waals surface area contributed by atoms with E-state index in [1.54, 1.807) is 0 Å². The fourth-order valence-corrected chi connectivity index (χ4v) is 3.18. The first-order chi connectivity index (χ1) is 10.1. The van der Waals surface area contributed by atoms with Crippen LogP contribution in [0.25, 0.3) is 0 Å². The summed E-state index contributed by atoms with van der Waals surface area (Å²) in [6, 6.07) is 4.46. The lowest BCUT2D eigenvalue weighted by Gasteiger charge is -2.33. The minimum Gasteiger partial charge on any atom is -0.371 e. The van der Waals surface area contributed by atoms with Crippen molar-refractivity contribution >= 4 is 21.4 Å². The molecule has 1 unspecified atom stereocenters. The number of nitrogens with zero attached hydrogens (tertiary/aromatic N) is 1. The Kier molecular flexibility index (Phi) is 4.37. The molecule has 1 aromatic carbocycles. The van der Waals surface area contributed by atoms with Crippen molar-refractivity contribution in [1.82, 2.24) is 0 Å². The number of amides is 1. The van der Waals surface area contributed by atoms with Crippen molar-refractivity contribution in [1.29, 1.82) is 0 Å². The number of benzene rings is 1. The first-order valence-corrected chi connectivity index (χ1v) is 8.07. The van der Waals surface area contributed by atoms with Gasteiger partial charge in [0.2, 0.25) is 5.91 Å². The monoisotopic (exact) mass is 336 g/mol. The Morgan fingerprint density at radius 3 is 2.32 bits per heavy atom. The quantitative estimate of drug-likeness (QED) is 0.911. The Hall–Kier alpha value is -1.77. The van der Waals surface area contributed by atoms with Gasteiger partial charge in [0.15, 0.2) is 0 Å². The van der Waals surface area contributed by atoms with Crippen LogP contribution in [-0.4, -0.2) is 32.9 Å². The van der Waals surface area contributed by atoms with Crippen LogP contribution in [0.4, 0.5) is 18.9 Å². The highest BCUT2D eigenvalue weighted by molar-refractivity contribution is 7.92. The van der Waals surface area contributed by atoms with Crippen molar-refractivity contribution in [3.05, 3.63) is 24.3 Å². The number of anilines is 1. The Morgan fingerprint density at radius 1 is 1.23 bits per heavy atom. The molecule has 2 rings (SSSR count). The van der Waals surface area contributed by atoms with E-state index >= 15 is 0 Å². The fourth-order valence-electron chi connectivity index (χ4n) is 2.41. The van der Waals surface area contributed by atoms with E-state index in [0.29, 0.717) is 25.2 Å². The molecule has 1 aliphatic rings. The highest BCUT2D eigenvalue weighted by atomic mass is 32.2. The minimum atomic E-state index is -5.34. The van der Waals surface area contributed by atoms with Crippen LogP contribution >= 0.6 is 0 Å². The highest BCUT2D eigenvalue weighted by Gasteiger charge is 2.46. The fraction of sp³-hybridized carbons (Fsp3) is 0.462. The van der Waals surface area contributed by atoms with Crippen molar-refractivity contribution in [2.75, 3.05) is 18.0 Å². The average Bonchev–Trinajstić information content (AvgIpc) is 2.46. The summed E-state index contributed by atoms with van der Waals surface area (Å²) in [4.78, 5) is 12.2. The smallest absolute Gasteiger partial charge is 0.371 e. The van der Waals surface area contributed by atoms with Gasteiger partial charge in [-0.05, 0) is 37.1 Å². The number of carbonyl (C=O) groups is 1. The number of rotatable bonds is 3. The molecular formula is C13H15F3N2O3S. The summed E-state index contributed by atoms with van der Waals surface area (Å²) < 4.78 is 60.0. The van der Waals surface area contributed by atoms with Gasteiger partial charge < -0.3 is 10.6 Å². The van der Waals surface area contributed by atoms with Gasteiger partial charge in [-0.3, -0.25) is 4.79 Å². The molecule has 0 radical (unpaired) electrons. The van der Waals surface area contributed by atoms with Crippen LogP contribution in [0.15, 0.2) is 29.2 Å². The zero-order chi connectivity index (χ0) is 16.5. The largest absolute Gasteiger partial charge is 0.501 e. The summed E-state index contributed by atoms with van der Waals surface area (Å²) >= 11 is 0. The van der Waals surface area contributed by atoms with E-state index < -0.39 is 26.1 Å². The molecule has 1 amide bonds. The first-order valence-electron chi connectivity index (χ1n) is 6.58. The number of carbonyl (C=O) groups excluding carboxylic acids is 1. The maximum absolute atomic E-state index is 12.5. The molecule has 0 saturated carbocycles. The molecular weight excluding hydrogens is 321 g/mol. The lowest BCUT2D eigenvalue weighted by molar-refractivity contribution is -0.122. The third-order valence-electron chi connectivity index (χ3n) is 3.64.